The van der Waals surface area contributed by atoms with E-state index in [9.17, 15) is 9.90 Å². The highest BCUT2D eigenvalue weighted by Crippen LogP contribution is 2.38. The fraction of sp³-hybridized carbons (Fsp3) is 0.562. The fourth-order valence-corrected chi connectivity index (χ4v) is 3.81. The molecular weight excluding hydrogens is 266 g/mol. The van der Waals surface area contributed by atoms with Crippen molar-refractivity contribution in [3.63, 3.8) is 0 Å². The molecule has 2 aliphatic rings. The zero-order valence-electron chi connectivity index (χ0n) is 12.2. The molecule has 0 bridgehead atoms. The van der Waals surface area contributed by atoms with Crippen LogP contribution in [0.2, 0.25) is 0 Å². The van der Waals surface area contributed by atoms with E-state index in [-0.39, 0.29) is 12.0 Å². The third-order valence-corrected chi connectivity index (χ3v) is 4.92. The summed E-state index contributed by atoms with van der Waals surface area (Å²) >= 11 is 0. The van der Waals surface area contributed by atoms with Gasteiger partial charge in [-0.15, -0.1) is 0 Å². The number of rotatable bonds is 4. The quantitative estimate of drug-likeness (QED) is 0.426. The van der Waals surface area contributed by atoms with E-state index < -0.39 is 0 Å². The lowest BCUT2D eigenvalue weighted by Gasteiger charge is -2.19. The number of amides is 1. The van der Waals surface area contributed by atoms with Gasteiger partial charge in [0.05, 0.1) is 12.5 Å². The first kappa shape index (κ1) is 14.5. The summed E-state index contributed by atoms with van der Waals surface area (Å²) in [5.41, 5.74) is 4.39. The lowest BCUT2D eigenvalue weighted by Crippen LogP contribution is -2.32. The first-order valence-corrected chi connectivity index (χ1v) is 7.64. The number of benzene rings is 1. The van der Waals surface area contributed by atoms with Gasteiger partial charge in [0.1, 0.15) is 0 Å². The molecule has 2 fully saturated rings. The highest BCUT2D eigenvalue weighted by atomic mass is 16.3. The molecule has 0 aromatic heterocycles. The van der Waals surface area contributed by atoms with Crippen molar-refractivity contribution in [1.82, 2.24) is 10.3 Å². The van der Waals surface area contributed by atoms with Gasteiger partial charge in [0.15, 0.2) is 0 Å². The van der Waals surface area contributed by atoms with E-state index in [0.717, 1.165) is 38.0 Å². The maximum atomic E-state index is 11.5. The molecule has 1 aromatic rings. The summed E-state index contributed by atoms with van der Waals surface area (Å²) in [5.74, 6) is 6.08. The molecule has 4 N–H and O–H groups in total. The molecule has 1 amide bonds. The van der Waals surface area contributed by atoms with Crippen molar-refractivity contribution >= 4 is 5.91 Å². The predicted molar refractivity (Wildman–Crippen MR) is 80.0 cm³/mol. The SMILES string of the molecule is NNC(=O)Cc1ccccc1CN1CC2CCC(O)C2C1. The minimum atomic E-state index is -0.170. The van der Waals surface area contributed by atoms with Crippen LogP contribution in [-0.4, -0.2) is 35.1 Å². The Morgan fingerprint density at radius 2 is 2.05 bits per heavy atom. The molecule has 5 nitrogen and oxygen atoms in total. The number of hydrogen-bond donors (Lipinski definition) is 3. The van der Waals surface area contributed by atoms with Crippen molar-refractivity contribution in [1.29, 1.82) is 0 Å². The zero-order chi connectivity index (χ0) is 14.8. The lowest BCUT2D eigenvalue weighted by molar-refractivity contribution is -0.120. The summed E-state index contributed by atoms with van der Waals surface area (Å²) in [6, 6.07) is 8.01. The van der Waals surface area contributed by atoms with E-state index in [0.29, 0.717) is 18.3 Å². The zero-order valence-corrected chi connectivity index (χ0v) is 12.2. The topological polar surface area (TPSA) is 78.6 Å². The molecular formula is C16H23N3O2. The highest BCUT2D eigenvalue weighted by Gasteiger charge is 2.41. The normalized spacial score (nSPS) is 28.6. The molecule has 1 aromatic carbocycles. The maximum Gasteiger partial charge on any atom is 0.238 e. The van der Waals surface area contributed by atoms with E-state index >= 15 is 0 Å². The van der Waals surface area contributed by atoms with Gasteiger partial charge in [0.2, 0.25) is 5.91 Å². The van der Waals surface area contributed by atoms with E-state index in [1.54, 1.807) is 0 Å². The Hall–Kier alpha value is -1.43. The first-order chi connectivity index (χ1) is 10.2. The largest absolute Gasteiger partial charge is 0.393 e. The average Bonchev–Trinajstić information content (AvgIpc) is 3.03. The molecule has 0 radical (unpaired) electrons. The van der Waals surface area contributed by atoms with Crippen LogP contribution in [0.4, 0.5) is 0 Å². The van der Waals surface area contributed by atoms with Crippen LogP contribution in [0.3, 0.4) is 0 Å². The number of hydrazine groups is 1. The number of carbonyl (C=O) groups is 1. The molecule has 21 heavy (non-hydrogen) atoms. The van der Waals surface area contributed by atoms with Gasteiger partial charge in [-0.05, 0) is 29.9 Å². The van der Waals surface area contributed by atoms with Crippen LogP contribution in [0, 0.1) is 11.8 Å². The number of nitrogens with two attached hydrogens (primary N) is 1. The van der Waals surface area contributed by atoms with Crippen molar-refractivity contribution in [3.8, 4) is 0 Å². The third kappa shape index (κ3) is 3.10. The van der Waals surface area contributed by atoms with Gasteiger partial charge in [0, 0.05) is 25.6 Å². The van der Waals surface area contributed by atoms with Crippen LogP contribution in [-0.2, 0) is 17.8 Å². The summed E-state index contributed by atoms with van der Waals surface area (Å²) in [4.78, 5) is 13.9. The molecule has 1 heterocycles. The van der Waals surface area contributed by atoms with Gasteiger partial charge in [-0.25, -0.2) is 5.84 Å². The van der Waals surface area contributed by atoms with Crippen LogP contribution < -0.4 is 11.3 Å². The Kier molecular flexibility index (Phi) is 4.24. The molecule has 1 saturated heterocycles. The molecule has 1 aliphatic heterocycles. The highest BCUT2D eigenvalue weighted by molar-refractivity contribution is 5.78. The third-order valence-electron chi connectivity index (χ3n) is 4.92. The van der Waals surface area contributed by atoms with E-state index in [2.05, 4.69) is 16.4 Å². The summed E-state index contributed by atoms with van der Waals surface area (Å²) in [6.45, 7) is 2.86. The van der Waals surface area contributed by atoms with Gasteiger partial charge in [-0.3, -0.25) is 15.1 Å². The number of aliphatic hydroxyl groups is 1. The number of carbonyl (C=O) groups excluding carboxylic acids is 1. The number of likely N-dealkylation sites (tertiary alicyclic amines) is 1. The molecule has 3 unspecified atom stereocenters. The fourth-order valence-electron chi connectivity index (χ4n) is 3.81. The van der Waals surface area contributed by atoms with Gasteiger partial charge in [-0.2, -0.15) is 0 Å². The Morgan fingerprint density at radius 1 is 1.29 bits per heavy atom. The molecule has 3 rings (SSSR count). The van der Waals surface area contributed by atoms with Crippen molar-refractivity contribution in [2.75, 3.05) is 13.1 Å². The van der Waals surface area contributed by atoms with E-state index in [1.807, 2.05) is 18.2 Å². The summed E-state index contributed by atoms with van der Waals surface area (Å²) in [5, 5.41) is 10.00. The monoisotopic (exact) mass is 289 g/mol. The summed E-state index contributed by atoms with van der Waals surface area (Å²) in [7, 11) is 0. The van der Waals surface area contributed by atoms with Crippen molar-refractivity contribution in [2.45, 2.75) is 31.9 Å². The summed E-state index contributed by atoms with van der Waals surface area (Å²) < 4.78 is 0. The van der Waals surface area contributed by atoms with Crippen LogP contribution in [0.5, 0.6) is 0 Å². The standard InChI is InChI=1S/C16H23N3O2/c17-18-16(21)7-11-3-1-2-4-12(11)8-19-9-13-5-6-15(20)14(13)10-19/h1-4,13-15,20H,5-10,17H2,(H,18,21). The second-order valence-corrected chi connectivity index (χ2v) is 6.28. The number of aliphatic hydroxyl groups excluding tert-OH is 1. The van der Waals surface area contributed by atoms with Crippen LogP contribution in [0.15, 0.2) is 24.3 Å². The van der Waals surface area contributed by atoms with E-state index in [4.69, 9.17) is 5.84 Å². The number of hydrogen-bond acceptors (Lipinski definition) is 4. The van der Waals surface area contributed by atoms with Gasteiger partial charge in [-0.1, -0.05) is 24.3 Å². The van der Waals surface area contributed by atoms with Gasteiger partial charge < -0.3 is 5.11 Å². The van der Waals surface area contributed by atoms with Crippen molar-refractivity contribution in [2.24, 2.45) is 17.7 Å². The molecule has 1 aliphatic carbocycles. The molecule has 3 atom stereocenters. The molecule has 114 valence electrons. The van der Waals surface area contributed by atoms with Gasteiger partial charge in [0.25, 0.3) is 0 Å². The number of nitrogens with zero attached hydrogens (tertiary/aromatic N) is 1. The molecule has 1 saturated carbocycles. The minimum absolute atomic E-state index is 0.127. The smallest absolute Gasteiger partial charge is 0.238 e. The van der Waals surface area contributed by atoms with Gasteiger partial charge >= 0.3 is 0 Å². The van der Waals surface area contributed by atoms with Crippen molar-refractivity contribution < 1.29 is 9.90 Å². The Labute approximate surface area is 125 Å². The Morgan fingerprint density at radius 3 is 2.76 bits per heavy atom. The average molecular weight is 289 g/mol. The summed E-state index contributed by atoms with van der Waals surface area (Å²) in [6.07, 6.45) is 2.28. The Balaban J connectivity index is 1.67. The lowest BCUT2D eigenvalue weighted by atomic mass is 10.00. The second kappa shape index (κ2) is 6.13. The molecule has 5 heteroatoms. The Bertz CT molecular complexity index is 520. The number of fused-ring (bicyclic) bond motifs is 1. The van der Waals surface area contributed by atoms with Crippen molar-refractivity contribution in [3.05, 3.63) is 35.4 Å². The van der Waals surface area contributed by atoms with E-state index in [1.165, 1.54) is 5.56 Å². The number of nitrogens with one attached hydrogen (secondary N) is 1. The maximum absolute atomic E-state index is 11.5. The van der Waals surface area contributed by atoms with Crippen LogP contribution in [0.25, 0.3) is 0 Å². The minimum Gasteiger partial charge on any atom is -0.393 e. The second-order valence-electron chi connectivity index (χ2n) is 6.28. The predicted octanol–water partition coefficient (Wildman–Crippen LogP) is 0.422. The molecule has 0 spiro atoms. The first-order valence-electron chi connectivity index (χ1n) is 7.64. The van der Waals surface area contributed by atoms with Crippen LogP contribution >= 0.6 is 0 Å². The van der Waals surface area contributed by atoms with Crippen LogP contribution in [0.1, 0.15) is 24.0 Å².